The van der Waals surface area contributed by atoms with Gasteiger partial charge in [0.2, 0.25) is 0 Å². The third kappa shape index (κ3) is 0.961. The predicted octanol–water partition coefficient (Wildman–Crippen LogP) is 3.12. The lowest BCUT2D eigenvalue weighted by molar-refractivity contribution is 0.629. The van der Waals surface area contributed by atoms with Gasteiger partial charge in [-0.3, -0.25) is 0 Å². The van der Waals surface area contributed by atoms with Crippen LogP contribution in [0.3, 0.4) is 0 Å². The lowest BCUT2D eigenvalue weighted by atomic mass is 10.1. The first-order valence-electron chi connectivity index (χ1n) is 3.62. The van der Waals surface area contributed by atoms with E-state index < -0.39 is 0 Å². The zero-order chi connectivity index (χ0) is 8.55. The molecule has 0 amide bonds. The van der Waals surface area contributed by atoms with Gasteiger partial charge in [-0.15, -0.1) is 0 Å². The topological polar surface area (TPSA) is 0 Å². The predicted molar refractivity (Wildman–Crippen MR) is 43.9 cm³/mol. The van der Waals surface area contributed by atoms with E-state index in [1.54, 1.807) is 12.1 Å². The zero-order valence-corrected chi connectivity index (χ0v) is 6.22. The van der Waals surface area contributed by atoms with Gasteiger partial charge in [-0.25, -0.2) is 8.78 Å². The van der Waals surface area contributed by atoms with Crippen molar-refractivity contribution in [1.82, 2.24) is 0 Å². The smallest absolute Gasteiger partial charge is 0.131 e. The zero-order valence-electron chi connectivity index (χ0n) is 6.22. The van der Waals surface area contributed by atoms with Gasteiger partial charge in [0.05, 0.1) is 0 Å². The van der Waals surface area contributed by atoms with Gasteiger partial charge >= 0.3 is 0 Å². The Labute approximate surface area is 68.4 Å². The summed E-state index contributed by atoms with van der Waals surface area (Å²) in [6, 6.07) is 8.77. The number of halogens is 2. The maximum Gasteiger partial charge on any atom is 0.131 e. The molecule has 0 atom stereocenters. The van der Waals surface area contributed by atoms with Crippen LogP contribution in [0, 0.1) is 11.6 Å². The highest BCUT2D eigenvalue weighted by atomic mass is 19.1. The number of hydrogen-bond donors (Lipinski definition) is 0. The molecule has 0 saturated carbocycles. The lowest BCUT2D eigenvalue weighted by Gasteiger charge is -1.98. The van der Waals surface area contributed by atoms with Crippen molar-refractivity contribution in [1.29, 1.82) is 0 Å². The van der Waals surface area contributed by atoms with Gasteiger partial charge in [-0.05, 0) is 12.1 Å². The average molecular weight is 164 g/mol. The molecule has 2 heteroatoms. The Bertz CT molecular complexity index is 380. The Morgan fingerprint density at radius 3 is 1.50 bits per heavy atom. The van der Waals surface area contributed by atoms with E-state index in [0.717, 1.165) is 0 Å². The van der Waals surface area contributed by atoms with Crippen LogP contribution < -0.4 is 0 Å². The number of fused-ring (bicyclic) bond motifs is 1. The summed E-state index contributed by atoms with van der Waals surface area (Å²) in [6.07, 6.45) is 0. The molecule has 0 nitrogen and oxygen atoms in total. The van der Waals surface area contributed by atoms with Gasteiger partial charge in [0.1, 0.15) is 11.6 Å². The first-order chi connectivity index (χ1) is 5.79. The quantitative estimate of drug-likeness (QED) is 0.561. The van der Waals surface area contributed by atoms with Crippen molar-refractivity contribution in [3.63, 3.8) is 0 Å². The van der Waals surface area contributed by atoms with Crippen LogP contribution in [0.1, 0.15) is 0 Å². The molecule has 0 N–H and O–H groups in total. The Morgan fingerprint density at radius 2 is 1.08 bits per heavy atom. The van der Waals surface area contributed by atoms with E-state index in [9.17, 15) is 8.78 Å². The molecular weight excluding hydrogens is 158 g/mol. The highest BCUT2D eigenvalue weighted by Crippen LogP contribution is 2.19. The highest BCUT2D eigenvalue weighted by Gasteiger charge is 2.02. The molecule has 12 heavy (non-hydrogen) atoms. The Balaban J connectivity index is 2.94. The molecule has 0 aliphatic heterocycles. The summed E-state index contributed by atoms with van der Waals surface area (Å²) in [6.45, 7) is 0. The fraction of sp³-hybridized carbons (Fsp3) is 0. The summed E-state index contributed by atoms with van der Waals surface area (Å²) in [5.74, 6) is -0.765. The summed E-state index contributed by atoms with van der Waals surface area (Å²) >= 11 is 0. The Kier molecular flexibility index (Phi) is 1.54. The number of benzene rings is 2. The van der Waals surface area contributed by atoms with Crippen molar-refractivity contribution in [2.24, 2.45) is 0 Å². The third-order valence-electron chi connectivity index (χ3n) is 1.82. The van der Waals surface area contributed by atoms with Gasteiger partial charge < -0.3 is 0 Å². The van der Waals surface area contributed by atoms with Crippen LogP contribution in [0.2, 0.25) is 0 Å². The molecule has 0 fully saturated rings. The second-order valence-electron chi connectivity index (χ2n) is 2.57. The molecule has 0 spiro atoms. The maximum atomic E-state index is 13.0. The van der Waals surface area contributed by atoms with Crippen molar-refractivity contribution in [3.8, 4) is 0 Å². The molecule has 2 rings (SSSR count). The third-order valence-corrected chi connectivity index (χ3v) is 1.82. The van der Waals surface area contributed by atoms with E-state index in [0.29, 0.717) is 10.8 Å². The van der Waals surface area contributed by atoms with E-state index in [4.69, 9.17) is 0 Å². The molecule has 0 aromatic heterocycles. The Morgan fingerprint density at radius 1 is 0.667 bits per heavy atom. The minimum atomic E-state index is -0.382. The van der Waals surface area contributed by atoms with Gasteiger partial charge in [-0.2, -0.15) is 0 Å². The molecule has 0 aliphatic carbocycles. The van der Waals surface area contributed by atoms with Crippen LogP contribution >= 0.6 is 0 Å². The van der Waals surface area contributed by atoms with Gasteiger partial charge in [-0.1, -0.05) is 24.3 Å². The van der Waals surface area contributed by atoms with Crippen LogP contribution in [0.25, 0.3) is 10.8 Å². The first kappa shape index (κ1) is 7.22. The first-order valence-corrected chi connectivity index (χ1v) is 3.62. The van der Waals surface area contributed by atoms with Crippen molar-refractivity contribution in [3.05, 3.63) is 48.0 Å². The van der Waals surface area contributed by atoms with Crippen molar-refractivity contribution < 1.29 is 8.78 Å². The van der Waals surface area contributed by atoms with Crippen LogP contribution in [-0.4, -0.2) is 0 Å². The summed E-state index contributed by atoms with van der Waals surface area (Å²) in [5.41, 5.74) is 0. The van der Waals surface area contributed by atoms with E-state index in [1.807, 2.05) is 0 Å². The second-order valence-corrected chi connectivity index (χ2v) is 2.57. The van der Waals surface area contributed by atoms with Crippen LogP contribution in [-0.2, 0) is 0 Å². The van der Waals surface area contributed by atoms with Crippen LogP contribution in [0.5, 0.6) is 0 Å². The monoisotopic (exact) mass is 164 g/mol. The van der Waals surface area contributed by atoms with Crippen LogP contribution in [0.4, 0.5) is 8.78 Å². The SMILES string of the molecule is Fc1cccc2c(F)cccc12. The van der Waals surface area contributed by atoms with E-state index in [-0.39, 0.29) is 11.6 Å². The molecule has 60 valence electrons. The fourth-order valence-electron chi connectivity index (χ4n) is 1.23. The normalized spacial score (nSPS) is 10.5. The van der Waals surface area contributed by atoms with Crippen molar-refractivity contribution >= 4 is 10.8 Å². The fourth-order valence-corrected chi connectivity index (χ4v) is 1.23. The summed E-state index contributed by atoms with van der Waals surface area (Å²) in [5, 5.41) is 0.662. The summed E-state index contributed by atoms with van der Waals surface area (Å²) < 4.78 is 26.0. The van der Waals surface area contributed by atoms with Gasteiger partial charge in [0, 0.05) is 10.8 Å². The van der Waals surface area contributed by atoms with E-state index >= 15 is 0 Å². The van der Waals surface area contributed by atoms with Crippen molar-refractivity contribution in [2.45, 2.75) is 0 Å². The number of rotatable bonds is 0. The highest BCUT2D eigenvalue weighted by molar-refractivity contribution is 5.83. The van der Waals surface area contributed by atoms with Gasteiger partial charge in [0.25, 0.3) is 0 Å². The Hall–Kier alpha value is -1.44. The maximum absolute atomic E-state index is 13.0. The minimum absolute atomic E-state index is 0.331. The molecular formula is C10H6F2. The molecule has 0 bridgehead atoms. The summed E-state index contributed by atoms with van der Waals surface area (Å²) in [7, 11) is 0. The molecule has 2 aromatic rings. The van der Waals surface area contributed by atoms with Crippen molar-refractivity contribution in [2.75, 3.05) is 0 Å². The lowest BCUT2D eigenvalue weighted by Crippen LogP contribution is -1.81. The van der Waals surface area contributed by atoms with Gasteiger partial charge in [0.15, 0.2) is 0 Å². The molecule has 0 aliphatic rings. The van der Waals surface area contributed by atoms with Crippen LogP contribution in [0.15, 0.2) is 36.4 Å². The summed E-state index contributed by atoms with van der Waals surface area (Å²) in [4.78, 5) is 0. The largest absolute Gasteiger partial charge is 0.206 e. The average Bonchev–Trinajstić information content (AvgIpc) is 2.07. The van der Waals surface area contributed by atoms with E-state index in [2.05, 4.69) is 0 Å². The molecule has 0 unspecified atom stereocenters. The van der Waals surface area contributed by atoms with E-state index in [1.165, 1.54) is 24.3 Å². The second kappa shape index (κ2) is 2.55. The molecule has 0 saturated heterocycles. The molecule has 2 aromatic carbocycles. The molecule has 0 heterocycles. The standard InChI is InChI=1S/C10H6F2/c11-9-5-1-3-7-8(9)4-2-6-10(7)12/h1-6H. The number of hydrogen-bond acceptors (Lipinski definition) is 0. The molecule has 0 radical (unpaired) electrons. The minimum Gasteiger partial charge on any atom is -0.206 e.